The van der Waals surface area contributed by atoms with Gasteiger partial charge in [-0.05, 0) is 290 Å². The molecule has 0 aromatic rings. The van der Waals surface area contributed by atoms with Gasteiger partial charge < -0.3 is 177 Å². The maximum atomic E-state index is 15.1. The molecule has 0 aliphatic rings. The van der Waals surface area contributed by atoms with E-state index in [0.717, 1.165) is 6.42 Å². The number of carbonyl (C=O) groups is 16. The summed E-state index contributed by atoms with van der Waals surface area (Å²) in [4.78, 5) is 220. The maximum Gasteiger partial charge on any atom is 0.243 e. The Morgan fingerprint density at radius 3 is 0.436 bits per heavy atom. The molecule has 0 rings (SSSR count). The highest BCUT2D eigenvalue weighted by Crippen LogP contribution is 2.16. The maximum absolute atomic E-state index is 15.1. The van der Waals surface area contributed by atoms with E-state index in [-0.39, 0.29) is 179 Å². The predicted molar refractivity (Wildman–Crippen MR) is 541 cm³/mol. The lowest BCUT2D eigenvalue weighted by atomic mass is 10.0. The molecule has 48 nitrogen and oxygen atoms in total. The van der Waals surface area contributed by atoms with Gasteiger partial charge in [-0.2, -0.15) is 0 Å². The molecule has 49 N–H and O–H groups in total. The average Bonchev–Trinajstić information content (AvgIpc) is 0.882. The molecule has 0 fully saturated rings. The minimum atomic E-state index is -1.49. The van der Waals surface area contributed by atoms with Crippen molar-refractivity contribution in [1.29, 1.82) is 0 Å². The molecule has 0 spiro atoms. The fourth-order valence-electron chi connectivity index (χ4n) is 14.9. The van der Waals surface area contributed by atoms with Crippen molar-refractivity contribution in [1.82, 2.24) is 79.8 Å². The molecule has 0 heterocycles. The second-order valence-electron chi connectivity index (χ2n) is 36.2. The van der Waals surface area contributed by atoms with Gasteiger partial charge in [-0.1, -0.05) is 51.4 Å². The molecule has 15 unspecified atom stereocenters. The van der Waals surface area contributed by atoms with Crippen LogP contribution in [0.4, 0.5) is 0 Å². The summed E-state index contributed by atoms with van der Waals surface area (Å²) in [6.45, 7) is 3.33. The summed E-state index contributed by atoms with van der Waals surface area (Å²) in [7, 11) is 0. The van der Waals surface area contributed by atoms with Crippen LogP contribution in [0.15, 0.2) is 0 Å². The van der Waals surface area contributed by atoms with Gasteiger partial charge in [-0.3, -0.25) is 76.7 Å². The van der Waals surface area contributed by atoms with E-state index in [2.05, 4.69) is 79.8 Å². The van der Waals surface area contributed by atoms with E-state index in [0.29, 0.717) is 226 Å². The highest BCUT2D eigenvalue weighted by molar-refractivity contribution is 5.97. The summed E-state index contributed by atoms with van der Waals surface area (Å²) >= 11 is 0. The van der Waals surface area contributed by atoms with Crippen LogP contribution < -0.4 is 177 Å². The second kappa shape index (κ2) is 84.4. The third-order valence-corrected chi connectivity index (χ3v) is 23.8. The van der Waals surface area contributed by atoms with Gasteiger partial charge in [0.25, 0.3) is 0 Å². The number of unbranched alkanes of at least 4 members (excludes halogenated alkanes) is 15. The normalized spacial score (nSPS) is 14.5. The fraction of sp³-hybridized carbons (Fsp3) is 0.826. The number of nitrogens with two attached hydrogens (primary N) is 17. The van der Waals surface area contributed by atoms with Gasteiger partial charge in [0.2, 0.25) is 94.5 Å². The number of rotatable bonds is 91. The zero-order chi connectivity index (χ0) is 105. The van der Waals surface area contributed by atoms with E-state index in [9.17, 15) is 71.9 Å². The van der Waals surface area contributed by atoms with E-state index in [4.69, 9.17) is 97.5 Å². The molecular weight excluding hydrogens is 1810 g/mol. The Hall–Kier alpha value is -9.12. The van der Waals surface area contributed by atoms with E-state index >= 15 is 4.79 Å². The van der Waals surface area contributed by atoms with Crippen LogP contribution in [0.1, 0.15) is 289 Å². The minimum absolute atomic E-state index is 0.0234. The van der Waals surface area contributed by atoms with E-state index < -0.39 is 168 Å². The molecule has 0 aromatic carbocycles. The van der Waals surface area contributed by atoms with Crippen molar-refractivity contribution < 1.29 is 76.7 Å². The molecular formula is C92H186N32O16. The Bertz CT molecular complexity index is 3480. The zero-order valence-electron chi connectivity index (χ0n) is 83.6. The Balaban J connectivity index is 7.75. The van der Waals surface area contributed by atoms with Crippen LogP contribution in [0.2, 0.25) is 0 Å². The third kappa shape index (κ3) is 65.1. The highest BCUT2D eigenvalue weighted by Gasteiger charge is 2.34. The van der Waals surface area contributed by atoms with Gasteiger partial charge in [0.05, 0.1) is 54.9 Å². The van der Waals surface area contributed by atoms with Crippen LogP contribution in [0.5, 0.6) is 0 Å². The number of hydrogen-bond donors (Lipinski definition) is 32. The van der Waals surface area contributed by atoms with E-state index in [1.54, 1.807) is 0 Å². The van der Waals surface area contributed by atoms with Gasteiger partial charge in [0, 0.05) is 45.8 Å². The molecule has 0 bridgehead atoms. The lowest BCUT2D eigenvalue weighted by Gasteiger charge is -2.26. The summed E-state index contributed by atoms with van der Waals surface area (Å²) in [5.74, 6) is -9.97. The first-order chi connectivity index (χ1) is 67.1. The standard InChI is InChI=1S/C92H186N32O16/c93-46-16-1-31-62(101)78(126)110-54-24-9-39-70(118-82(130)66(105)35-5-20-50-97)86(134)114-58-28-11-41-72(122-90(138)74(120-84(132)68(107)37-7-22-52-99)43-13-26-56-112-80(128)64(103)33-3-18-48-95)88(136)116-59-29-12-42-73(89(137)117-61-77(109)125)123-92(140)76(124-91(139)75(121-85(133)69(108)38-8-23-53-100)44-14-27-57-113-81(129)65(104)34-4-19-49-96)45-15-30-60-115-87(135)71(119-83(131)67(106)36-6-21-51-98)40-10-25-55-111-79(127)63(102)32-2-17-47-94/h62-76H,1-61,93-108H2,(H2,109,125)(H,110,126)(H,111,127)(H,112,128)(H,113,129)(H,114,134)(H,115,135)(H,116,136)(H,117,137)(H,118,130)(H,119,131)(H,120,132)(H,121,133)(H,122,138)(H,123,140)(H,124,139). The Morgan fingerprint density at radius 2 is 0.279 bits per heavy atom. The first-order valence-corrected chi connectivity index (χ1v) is 51.4. The highest BCUT2D eigenvalue weighted by atomic mass is 16.2. The zero-order valence-corrected chi connectivity index (χ0v) is 83.6. The monoisotopic (exact) mass is 2000 g/mol. The fourth-order valence-corrected chi connectivity index (χ4v) is 14.9. The lowest BCUT2D eigenvalue weighted by molar-refractivity contribution is -0.134. The van der Waals surface area contributed by atoms with Crippen molar-refractivity contribution in [2.24, 2.45) is 97.5 Å². The van der Waals surface area contributed by atoms with Crippen molar-refractivity contribution >= 4 is 94.5 Å². The van der Waals surface area contributed by atoms with E-state index in [1.165, 1.54) is 0 Å². The summed E-state index contributed by atoms with van der Waals surface area (Å²) in [6, 6.07) is -16.0. The molecule has 810 valence electrons. The topological polar surface area (TPSA) is 896 Å². The average molecular weight is 2000 g/mol. The SMILES string of the molecule is NCCCCC(N)C(=O)NCCCCC(NC(=O)C(N)CCCCN)C(=O)NCCCCC(NC(=O)C(CCCCNC(=O)C(N)CCCCN)NC(=O)C(N)CCCCN)C(=O)NCCCCC(NC(=O)C(CCCCNC(=O)C(CCCCNC(=O)C(N)CCCCN)NC(=O)C(N)CCCCN)NC(=O)C(CCCCNC(=O)C(N)CCCCN)NC(=O)C(N)CCCCN)C(=O)NCC(N)=O. The summed E-state index contributed by atoms with van der Waals surface area (Å²) in [5, 5.41) is 41.6. The van der Waals surface area contributed by atoms with Crippen LogP contribution in [0.25, 0.3) is 0 Å². The quantitative estimate of drug-likeness (QED) is 0.0252. The number of carbonyl (C=O) groups excluding carboxylic acids is 16. The Labute approximate surface area is 829 Å². The molecule has 0 radical (unpaired) electrons. The molecule has 0 aromatic heterocycles. The van der Waals surface area contributed by atoms with Crippen molar-refractivity contribution in [3.05, 3.63) is 0 Å². The number of amides is 16. The van der Waals surface area contributed by atoms with E-state index in [1.807, 2.05) is 0 Å². The van der Waals surface area contributed by atoms with Gasteiger partial charge >= 0.3 is 0 Å². The first-order valence-electron chi connectivity index (χ1n) is 51.4. The largest absolute Gasteiger partial charge is 0.368 e. The van der Waals surface area contributed by atoms with Crippen molar-refractivity contribution in [3.63, 3.8) is 0 Å². The van der Waals surface area contributed by atoms with Crippen molar-refractivity contribution in [2.75, 3.05) is 105 Å². The van der Waals surface area contributed by atoms with Gasteiger partial charge in [-0.25, -0.2) is 0 Å². The number of primary amides is 1. The predicted octanol–water partition coefficient (Wildman–Crippen LogP) is -7.36. The molecule has 0 saturated carbocycles. The van der Waals surface area contributed by atoms with Gasteiger partial charge in [-0.15, -0.1) is 0 Å². The summed E-state index contributed by atoms with van der Waals surface area (Å²) in [5.41, 5.74) is 101. The van der Waals surface area contributed by atoms with Gasteiger partial charge in [0.1, 0.15) is 42.3 Å². The second-order valence-corrected chi connectivity index (χ2v) is 36.2. The molecule has 15 atom stereocenters. The first kappa shape index (κ1) is 131. The van der Waals surface area contributed by atoms with Crippen molar-refractivity contribution in [3.8, 4) is 0 Å². The molecule has 0 aliphatic heterocycles. The van der Waals surface area contributed by atoms with Crippen LogP contribution >= 0.6 is 0 Å². The Kier molecular flexibility index (Phi) is 78.9. The molecule has 16 amide bonds. The Morgan fingerprint density at radius 1 is 0.150 bits per heavy atom. The molecule has 48 heteroatoms. The number of hydrogen-bond acceptors (Lipinski definition) is 32. The van der Waals surface area contributed by atoms with Gasteiger partial charge in [0.15, 0.2) is 0 Å². The molecule has 0 saturated heterocycles. The molecule has 0 aliphatic carbocycles. The van der Waals surface area contributed by atoms with Crippen LogP contribution in [0.3, 0.4) is 0 Å². The lowest BCUT2D eigenvalue weighted by Crippen LogP contribution is -2.58. The summed E-state index contributed by atoms with van der Waals surface area (Å²) in [6.07, 6.45) is 16.3. The van der Waals surface area contributed by atoms with Crippen LogP contribution in [0, 0.1) is 0 Å². The summed E-state index contributed by atoms with van der Waals surface area (Å²) < 4.78 is 0. The van der Waals surface area contributed by atoms with Crippen molar-refractivity contribution in [2.45, 2.75) is 380 Å². The van der Waals surface area contributed by atoms with Crippen LogP contribution in [-0.4, -0.2) is 290 Å². The smallest absolute Gasteiger partial charge is 0.243 e. The minimum Gasteiger partial charge on any atom is -0.368 e. The van der Waals surface area contributed by atoms with Crippen LogP contribution in [-0.2, 0) is 76.7 Å². The molecule has 140 heavy (non-hydrogen) atoms. The number of nitrogens with one attached hydrogen (secondary N) is 15. The third-order valence-electron chi connectivity index (χ3n) is 23.8.